The number of aryl methyl sites for hydroxylation is 1. The highest BCUT2D eigenvalue weighted by atomic mass is 32.1. The number of amides is 2. The Morgan fingerprint density at radius 3 is 2.72 bits per heavy atom. The van der Waals surface area contributed by atoms with E-state index in [1.807, 2.05) is 36.6 Å². The highest BCUT2D eigenvalue weighted by Crippen LogP contribution is 2.25. The third-order valence-electron chi connectivity index (χ3n) is 3.76. The van der Waals surface area contributed by atoms with Gasteiger partial charge in [0.05, 0.1) is 12.8 Å². The van der Waals surface area contributed by atoms with Gasteiger partial charge in [-0.05, 0) is 24.5 Å². The number of anilines is 2. The van der Waals surface area contributed by atoms with Gasteiger partial charge in [0.25, 0.3) is 0 Å². The molecule has 1 aromatic carbocycles. The van der Waals surface area contributed by atoms with Crippen LogP contribution in [0.5, 0.6) is 5.75 Å². The van der Waals surface area contributed by atoms with Crippen molar-refractivity contribution in [3.8, 4) is 5.75 Å². The third kappa shape index (κ3) is 5.94. The lowest BCUT2D eigenvalue weighted by atomic mass is 9.86. The minimum Gasteiger partial charge on any atom is -0.497 e. The first-order valence-electron chi connectivity index (χ1n) is 8.15. The molecule has 1 aromatic heterocycles. The van der Waals surface area contributed by atoms with Gasteiger partial charge in [-0.1, -0.05) is 26.8 Å². The average Bonchev–Trinajstić information content (AvgIpc) is 2.95. The number of thiazole rings is 1. The molecule has 25 heavy (non-hydrogen) atoms. The van der Waals surface area contributed by atoms with Crippen molar-refractivity contribution in [3.05, 3.63) is 35.3 Å². The molecule has 0 aliphatic heterocycles. The number of hydrogen-bond acceptors (Lipinski definition) is 5. The van der Waals surface area contributed by atoms with E-state index in [4.69, 9.17) is 4.74 Å². The third-order valence-corrected chi connectivity index (χ3v) is 4.64. The molecule has 0 spiro atoms. The number of benzene rings is 1. The topological polar surface area (TPSA) is 75.3 Å². The summed E-state index contributed by atoms with van der Waals surface area (Å²) in [6.45, 7) is 8.78. The number of aromatic nitrogens is 1. The lowest BCUT2D eigenvalue weighted by Crippen LogP contribution is -2.45. The Kier molecular flexibility index (Phi) is 6.25. The Morgan fingerprint density at radius 1 is 1.36 bits per heavy atom. The van der Waals surface area contributed by atoms with Gasteiger partial charge in [0.1, 0.15) is 5.75 Å². The standard InChI is InChI=1S/C18H26N4O2S/c1-12-11-25-17(20-12)22-16(23)19-10-15(18(2,3)4)21-13-7-6-8-14(9-13)24-5/h6-9,11,15,21H,10H2,1-5H3,(H2,19,20,22,23). The molecule has 0 aliphatic rings. The summed E-state index contributed by atoms with van der Waals surface area (Å²) in [4.78, 5) is 16.3. The molecule has 3 N–H and O–H groups in total. The molecule has 0 saturated carbocycles. The number of ether oxygens (including phenoxy) is 1. The molecule has 1 heterocycles. The summed E-state index contributed by atoms with van der Waals surface area (Å²) in [5, 5.41) is 11.7. The van der Waals surface area contributed by atoms with E-state index < -0.39 is 0 Å². The van der Waals surface area contributed by atoms with Gasteiger partial charge in [0.2, 0.25) is 0 Å². The van der Waals surface area contributed by atoms with Crippen LogP contribution in [0, 0.1) is 12.3 Å². The molecule has 136 valence electrons. The molecule has 0 aliphatic carbocycles. The van der Waals surface area contributed by atoms with E-state index in [0.717, 1.165) is 17.1 Å². The Hall–Kier alpha value is -2.28. The largest absolute Gasteiger partial charge is 0.497 e. The second-order valence-electron chi connectivity index (χ2n) is 6.92. The van der Waals surface area contributed by atoms with E-state index in [-0.39, 0.29) is 17.5 Å². The molecule has 0 saturated heterocycles. The molecule has 1 atom stereocenters. The smallest absolute Gasteiger partial charge is 0.321 e. The highest BCUT2D eigenvalue weighted by molar-refractivity contribution is 7.13. The minimum atomic E-state index is -0.254. The van der Waals surface area contributed by atoms with Crippen LogP contribution >= 0.6 is 11.3 Å². The lowest BCUT2D eigenvalue weighted by molar-refractivity contribution is 0.248. The zero-order chi connectivity index (χ0) is 18.4. The van der Waals surface area contributed by atoms with Gasteiger partial charge in [-0.15, -0.1) is 11.3 Å². The summed E-state index contributed by atoms with van der Waals surface area (Å²) in [5.74, 6) is 0.794. The van der Waals surface area contributed by atoms with Gasteiger partial charge in [-0.2, -0.15) is 0 Å². The molecule has 2 amide bonds. The molecule has 2 rings (SSSR count). The van der Waals surface area contributed by atoms with E-state index >= 15 is 0 Å². The van der Waals surface area contributed by atoms with Crippen LogP contribution in [0.15, 0.2) is 29.6 Å². The first kappa shape index (κ1) is 19.1. The maximum absolute atomic E-state index is 12.1. The first-order chi connectivity index (χ1) is 11.8. The minimum absolute atomic E-state index is 0.0448. The summed E-state index contributed by atoms with van der Waals surface area (Å²) in [7, 11) is 1.65. The molecule has 2 aromatic rings. The fraction of sp³-hybridized carbons (Fsp3) is 0.444. The predicted molar refractivity (Wildman–Crippen MR) is 104 cm³/mol. The molecule has 0 fully saturated rings. The number of nitrogens with one attached hydrogen (secondary N) is 3. The van der Waals surface area contributed by atoms with Gasteiger partial charge < -0.3 is 15.4 Å². The maximum atomic E-state index is 12.1. The van der Waals surface area contributed by atoms with Crippen LogP contribution in [0.25, 0.3) is 0 Å². The second kappa shape index (κ2) is 8.20. The zero-order valence-corrected chi connectivity index (χ0v) is 16.2. The molecule has 7 heteroatoms. The number of carbonyl (C=O) groups excluding carboxylic acids is 1. The number of hydrogen-bond donors (Lipinski definition) is 3. The summed E-state index contributed by atoms with van der Waals surface area (Å²) >= 11 is 1.41. The molecule has 0 bridgehead atoms. The Labute approximate surface area is 153 Å². The van der Waals surface area contributed by atoms with Gasteiger partial charge in [-0.3, -0.25) is 5.32 Å². The molecular weight excluding hydrogens is 336 g/mol. The quantitative estimate of drug-likeness (QED) is 0.723. The van der Waals surface area contributed by atoms with Crippen LogP contribution in [0.2, 0.25) is 0 Å². The van der Waals surface area contributed by atoms with E-state index in [0.29, 0.717) is 11.7 Å². The number of carbonyl (C=O) groups is 1. The number of methoxy groups -OCH3 is 1. The van der Waals surface area contributed by atoms with E-state index in [9.17, 15) is 4.79 Å². The lowest BCUT2D eigenvalue weighted by Gasteiger charge is -2.32. The van der Waals surface area contributed by atoms with Crippen molar-refractivity contribution in [3.63, 3.8) is 0 Å². The van der Waals surface area contributed by atoms with Crippen LogP contribution in [-0.2, 0) is 0 Å². The fourth-order valence-corrected chi connectivity index (χ4v) is 2.92. The van der Waals surface area contributed by atoms with Gasteiger partial charge in [0.15, 0.2) is 5.13 Å². The maximum Gasteiger partial charge on any atom is 0.321 e. The van der Waals surface area contributed by atoms with E-state index in [1.54, 1.807) is 7.11 Å². The van der Waals surface area contributed by atoms with Crippen molar-refractivity contribution in [2.24, 2.45) is 5.41 Å². The van der Waals surface area contributed by atoms with Crippen molar-refractivity contribution < 1.29 is 9.53 Å². The summed E-state index contributed by atoms with van der Waals surface area (Å²) in [5.41, 5.74) is 1.80. The Balaban J connectivity index is 1.96. The fourth-order valence-electron chi connectivity index (χ4n) is 2.24. The van der Waals surface area contributed by atoms with Crippen molar-refractivity contribution >= 4 is 28.2 Å². The Morgan fingerprint density at radius 2 is 2.12 bits per heavy atom. The van der Waals surface area contributed by atoms with Gasteiger partial charge >= 0.3 is 6.03 Å². The van der Waals surface area contributed by atoms with Crippen LogP contribution < -0.4 is 20.7 Å². The number of nitrogens with zero attached hydrogens (tertiary/aromatic N) is 1. The second-order valence-corrected chi connectivity index (χ2v) is 7.78. The van der Waals surface area contributed by atoms with Crippen LogP contribution in [0.3, 0.4) is 0 Å². The van der Waals surface area contributed by atoms with Crippen LogP contribution in [-0.4, -0.2) is 30.7 Å². The van der Waals surface area contributed by atoms with Crippen molar-refractivity contribution in [1.82, 2.24) is 10.3 Å². The molecular formula is C18H26N4O2S. The normalized spacial score (nSPS) is 12.4. The van der Waals surface area contributed by atoms with Gasteiger partial charge in [-0.25, -0.2) is 9.78 Å². The van der Waals surface area contributed by atoms with Crippen LogP contribution in [0.1, 0.15) is 26.5 Å². The molecule has 0 radical (unpaired) electrons. The summed E-state index contributed by atoms with van der Waals surface area (Å²) < 4.78 is 5.26. The number of rotatable bonds is 6. The predicted octanol–water partition coefficient (Wildman–Crippen LogP) is 4.11. The van der Waals surface area contributed by atoms with Crippen molar-refractivity contribution in [2.75, 3.05) is 24.3 Å². The highest BCUT2D eigenvalue weighted by Gasteiger charge is 2.25. The SMILES string of the molecule is COc1cccc(NC(CNC(=O)Nc2nc(C)cs2)C(C)(C)C)c1. The van der Waals surface area contributed by atoms with Crippen molar-refractivity contribution in [1.29, 1.82) is 0 Å². The summed E-state index contributed by atoms with van der Waals surface area (Å²) in [6, 6.07) is 7.56. The van der Waals surface area contributed by atoms with E-state index in [2.05, 4.69) is 41.7 Å². The summed E-state index contributed by atoms with van der Waals surface area (Å²) in [6.07, 6.45) is 0. The van der Waals surface area contributed by atoms with E-state index in [1.165, 1.54) is 11.3 Å². The zero-order valence-electron chi connectivity index (χ0n) is 15.3. The number of urea groups is 1. The van der Waals surface area contributed by atoms with Crippen molar-refractivity contribution in [2.45, 2.75) is 33.7 Å². The Bertz CT molecular complexity index is 709. The monoisotopic (exact) mass is 362 g/mol. The molecule has 6 nitrogen and oxygen atoms in total. The molecule has 1 unspecified atom stereocenters. The average molecular weight is 362 g/mol. The first-order valence-corrected chi connectivity index (χ1v) is 9.03. The van der Waals surface area contributed by atoms with Crippen LogP contribution in [0.4, 0.5) is 15.6 Å². The van der Waals surface area contributed by atoms with Gasteiger partial charge in [0, 0.05) is 29.7 Å².